The van der Waals surface area contributed by atoms with Crippen LogP contribution in [0.4, 0.5) is 0 Å². The van der Waals surface area contributed by atoms with Gasteiger partial charge in [-0.1, -0.05) is 11.6 Å². The van der Waals surface area contributed by atoms with E-state index < -0.39 is 11.7 Å². The Morgan fingerprint density at radius 3 is 2.90 bits per heavy atom. The summed E-state index contributed by atoms with van der Waals surface area (Å²) in [4.78, 5) is 14.1. The van der Waals surface area contributed by atoms with Crippen molar-refractivity contribution >= 4 is 17.5 Å². The molecule has 0 saturated carbocycles. The second-order valence-electron chi connectivity index (χ2n) is 5.53. The van der Waals surface area contributed by atoms with E-state index in [2.05, 4.69) is 0 Å². The number of carbonyl (C=O) groups excluding carboxylic acids is 1. The first-order chi connectivity index (χ1) is 9.32. The van der Waals surface area contributed by atoms with Gasteiger partial charge in [-0.05, 0) is 32.0 Å². The summed E-state index contributed by atoms with van der Waals surface area (Å²) >= 11 is 6.01. The summed E-state index contributed by atoms with van der Waals surface area (Å²) in [6.07, 6.45) is -0.418. The normalized spacial score (nSPS) is 21.8. The molecule has 1 aliphatic rings. The summed E-state index contributed by atoms with van der Waals surface area (Å²) in [5.74, 6) is -0.287. The fourth-order valence-corrected chi connectivity index (χ4v) is 2.59. The Bertz CT molecular complexity index is 518. The number of aliphatic hydroxyl groups excluding tert-OH is 1. The number of hydrogen-bond donors (Lipinski definition) is 2. The molecule has 0 bridgehead atoms. The lowest BCUT2D eigenvalue weighted by molar-refractivity contribution is -0.139. The maximum atomic E-state index is 12.5. The lowest BCUT2D eigenvalue weighted by Crippen LogP contribution is -2.55. The summed E-state index contributed by atoms with van der Waals surface area (Å²) in [6, 6.07) is 4.26. The zero-order valence-electron chi connectivity index (χ0n) is 11.5. The van der Waals surface area contributed by atoms with Gasteiger partial charge in [0, 0.05) is 13.1 Å². The quantitative estimate of drug-likeness (QED) is 0.871. The summed E-state index contributed by atoms with van der Waals surface area (Å²) in [5, 5.41) is 19.0. The minimum Gasteiger partial charge on any atom is -0.508 e. The number of amides is 1. The Labute approximate surface area is 122 Å². The number of carbonyl (C=O) groups is 1. The van der Waals surface area contributed by atoms with Crippen molar-refractivity contribution in [2.24, 2.45) is 0 Å². The SMILES string of the molecule is CC1(C)CN(C(=O)c2cc(O)ccc2Cl)CC(CO)O1. The number of phenols is 1. The molecule has 1 unspecified atom stereocenters. The van der Waals surface area contributed by atoms with Gasteiger partial charge in [-0.2, -0.15) is 0 Å². The predicted octanol–water partition coefficient (Wildman–Crippen LogP) is 1.66. The van der Waals surface area contributed by atoms with E-state index >= 15 is 0 Å². The van der Waals surface area contributed by atoms with Crippen molar-refractivity contribution in [3.63, 3.8) is 0 Å². The highest BCUT2D eigenvalue weighted by Crippen LogP contribution is 2.26. The molecule has 1 heterocycles. The van der Waals surface area contributed by atoms with E-state index in [1.807, 2.05) is 13.8 Å². The molecule has 110 valence electrons. The zero-order valence-corrected chi connectivity index (χ0v) is 12.2. The van der Waals surface area contributed by atoms with E-state index in [0.717, 1.165) is 0 Å². The van der Waals surface area contributed by atoms with Crippen molar-refractivity contribution in [2.45, 2.75) is 25.6 Å². The van der Waals surface area contributed by atoms with Crippen LogP contribution >= 0.6 is 11.6 Å². The molecular weight excluding hydrogens is 282 g/mol. The Kier molecular flexibility index (Phi) is 4.22. The summed E-state index contributed by atoms with van der Waals surface area (Å²) < 4.78 is 5.67. The van der Waals surface area contributed by atoms with Gasteiger partial charge in [-0.25, -0.2) is 0 Å². The second kappa shape index (κ2) is 5.60. The number of benzene rings is 1. The van der Waals surface area contributed by atoms with Gasteiger partial charge in [0.1, 0.15) is 5.75 Å². The molecule has 1 aliphatic heterocycles. The van der Waals surface area contributed by atoms with Gasteiger partial charge in [-0.3, -0.25) is 4.79 Å². The lowest BCUT2D eigenvalue weighted by atomic mass is 10.0. The van der Waals surface area contributed by atoms with Crippen molar-refractivity contribution < 1.29 is 19.7 Å². The number of phenolic OH excluding ortho intramolecular Hbond substituents is 1. The standard InChI is InChI=1S/C14H18ClNO4/c1-14(2)8-16(6-10(7-17)20-14)13(19)11-5-9(18)3-4-12(11)15/h3-5,10,17-18H,6-8H2,1-2H3. The Hall–Kier alpha value is -1.30. The maximum Gasteiger partial charge on any atom is 0.255 e. The van der Waals surface area contributed by atoms with Crippen molar-refractivity contribution in [3.8, 4) is 5.75 Å². The molecule has 0 aromatic heterocycles. The van der Waals surface area contributed by atoms with Gasteiger partial charge < -0.3 is 19.8 Å². The first-order valence-electron chi connectivity index (χ1n) is 6.39. The molecule has 1 amide bonds. The summed E-state index contributed by atoms with van der Waals surface area (Å²) in [5.41, 5.74) is -0.286. The monoisotopic (exact) mass is 299 g/mol. The van der Waals surface area contributed by atoms with Crippen molar-refractivity contribution in [2.75, 3.05) is 19.7 Å². The smallest absolute Gasteiger partial charge is 0.255 e. The van der Waals surface area contributed by atoms with Crippen LogP contribution in [0.2, 0.25) is 5.02 Å². The number of rotatable bonds is 2. The van der Waals surface area contributed by atoms with Crippen LogP contribution in [0, 0.1) is 0 Å². The summed E-state index contributed by atoms with van der Waals surface area (Å²) in [6.45, 7) is 4.26. The van der Waals surface area contributed by atoms with Gasteiger partial charge in [0.15, 0.2) is 0 Å². The number of morpholine rings is 1. The van der Waals surface area contributed by atoms with Crippen LogP contribution in [-0.4, -0.2) is 52.4 Å². The van der Waals surface area contributed by atoms with Crippen LogP contribution < -0.4 is 0 Å². The molecule has 6 heteroatoms. The van der Waals surface area contributed by atoms with E-state index in [0.29, 0.717) is 13.1 Å². The maximum absolute atomic E-state index is 12.5. The third-order valence-electron chi connectivity index (χ3n) is 3.15. The van der Waals surface area contributed by atoms with Crippen LogP contribution in [0.25, 0.3) is 0 Å². The molecular formula is C14H18ClNO4. The van der Waals surface area contributed by atoms with Gasteiger partial charge in [0.25, 0.3) is 5.91 Å². The Morgan fingerprint density at radius 1 is 1.55 bits per heavy atom. The number of halogens is 1. The van der Waals surface area contributed by atoms with Crippen molar-refractivity contribution in [1.29, 1.82) is 0 Å². The topological polar surface area (TPSA) is 70.0 Å². The second-order valence-corrected chi connectivity index (χ2v) is 5.94. The fourth-order valence-electron chi connectivity index (χ4n) is 2.39. The molecule has 1 fully saturated rings. The Morgan fingerprint density at radius 2 is 2.25 bits per heavy atom. The highest BCUT2D eigenvalue weighted by Gasteiger charge is 2.36. The molecule has 5 nitrogen and oxygen atoms in total. The number of ether oxygens (including phenoxy) is 1. The van der Waals surface area contributed by atoms with Gasteiger partial charge >= 0.3 is 0 Å². The highest BCUT2D eigenvalue weighted by molar-refractivity contribution is 6.33. The molecule has 1 aromatic rings. The van der Waals surface area contributed by atoms with Gasteiger partial charge in [0.05, 0.1) is 28.9 Å². The first-order valence-corrected chi connectivity index (χ1v) is 6.76. The van der Waals surface area contributed by atoms with E-state index in [1.54, 1.807) is 4.90 Å². The van der Waals surface area contributed by atoms with Crippen molar-refractivity contribution in [1.82, 2.24) is 4.90 Å². The first kappa shape index (κ1) is 15.1. The van der Waals surface area contributed by atoms with Crippen molar-refractivity contribution in [3.05, 3.63) is 28.8 Å². The van der Waals surface area contributed by atoms with Crippen LogP contribution in [0.5, 0.6) is 5.75 Å². The zero-order chi connectivity index (χ0) is 14.9. The van der Waals surface area contributed by atoms with E-state index in [-0.39, 0.29) is 28.8 Å². The molecule has 20 heavy (non-hydrogen) atoms. The number of hydrogen-bond acceptors (Lipinski definition) is 4. The number of aromatic hydroxyl groups is 1. The molecule has 2 N–H and O–H groups in total. The molecule has 0 aliphatic carbocycles. The lowest BCUT2D eigenvalue weighted by Gasteiger charge is -2.42. The largest absolute Gasteiger partial charge is 0.508 e. The van der Waals surface area contributed by atoms with E-state index in [9.17, 15) is 15.0 Å². The number of aliphatic hydroxyl groups is 1. The third-order valence-corrected chi connectivity index (χ3v) is 3.48. The number of nitrogens with zero attached hydrogens (tertiary/aromatic N) is 1. The average molecular weight is 300 g/mol. The fraction of sp³-hybridized carbons (Fsp3) is 0.500. The average Bonchev–Trinajstić information content (AvgIpc) is 2.38. The third kappa shape index (κ3) is 3.23. The van der Waals surface area contributed by atoms with Crippen LogP contribution in [-0.2, 0) is 4.74 Å². The highest BCUT2D eigenvalue weighted by atomic mass is 35.5. The van der Waals surface area contributed by atoms with E-state index in [1.165, 1.54) is 18.2 Å². The molecule has 0 radical (unpaired) electrons. The Balaban J connectivity index is 2.25. The minimum absolute atomic E-state index is 0.0102. The molecule has 1 saturated heterocycles. The summed E-state index contributed by atoms with van der Waals surface area (Å²) in [7, 11) is 0. The van der Waals surface area contributed by atoms with Crippen LogP contribution in [0.15, 0.2) is 18.2 Å². The van der Waals surface area contributed by atoms with E-state index in [4.69, 9.17) is 16.3 Å². The molecule has 1 atom stereocenters. The van der Waals surface area contributed by atoms with Crippen LogP contribution in [0.1, 0.15) is 24.2 Å². The van der Waals surface area contributed by atoms with Gasteiger partial charge in [-0.15, -0.1) is 0 Å². The van der Waals surface area contributed by atoms with Crippen LogP contribution in [0.3, 0.4) is 0 Å². The minimum atomic E-state index is -0.537. The predicted molar refractivity (Wildman–Crippen MR) is 75.1 cm³/mol. The molecule has 2 rings (SSSR count). The molecule has 1 aromatic carbocycles. The molecule has 0 spiro atoms. The van der Waals surface area contributed by atoms with Gasteiger partial charge in [0.2, 0.25) is 0 Å².